The van der Waals surface area contributed by atoms with Crippen LogP contribution >= 0.6 is 0 Å². The van der Waals surface area contributed by atoms with Crippen molar-refractivity contribution in [1.29, 1.82) is 0 Å². The number of nitrogens with zero attached hydrogens (tertiary/aromatic N) is 2. The number of benzene rings is 1. The zero-order valence-corrected chi connectivity index (χ0v) is 16.0. The number of aromatic amines is 1. The van der Waals surface area contributed by atoms with Crippen LogP contribution in [0, 0.1) is 6.92 Å². The number of rotatable bonds is 3. The summed E-state index contributed by atoms with van der Waals surface area (Å²) < 4.78 is 43.2. The molecule has 1 N–H and O–H groups in total. The molecule has 1 aliphatic heterocycles. The lowest BCUT2D eigenvalue weighted by Crippen LogP contribution is -2.45. The summed E-state index contributed by atoms with van der Waals surface area (Å²) in [5.41, 5.74) is 2.87. The molecule has 1 aromatic carbocycles. The van der Waals surface area contributed by atoms with Crippen LogP contribution < -0.4 is 5.69 Å². The number of likely N-dealkylation sites (tertiary alicyclic amines) is 1. The van der Waals surface area contributed by atoms with Crippen molar-refractivity contribution in [3.05, 3.63) is 34.2 Å². The van der Waals surface area contributed by atoms with E-state index < -0.39 is 12.5 Å². The lowest BCUT2D eigenvalue weighted by Gasteiger charge is -2.41. The molecule has 0 unspecified atom stereocenters. The van der Waals surface area contributed by atoms with E-state index >= 15 is 0 Å². The topological polar surface area (TPSA) is 50.3 Å². The average molecular weight is 397 g/mol. The Hall–Kier alpha value is -1.80. The minimum absolute atomic E-state index is 0.0659. The van der Waals surface area contributed by atoms with Gasteiger partial charge in [-0.15, -0.1) is 13.2 Å². The van der Waals surface area contributed by atoms with Gasteiger partial charge >= 0.3 is 12.1 Å². The van der Waals surface area contributed by atoms with E-state index in [0.717, 1.165) is 55.4 Å². The number of aromatic nitrogens is 2. The largest absolute Gasteiger partial charge is 0.522 e. The lowest BCUT2D eigenvalue weighted by molar-refractivity contribution is -0.345. The van der Waals surface area contributed by atoms with E-state index in [-0.39, 0.29) is 11.7 Å². The van der Waals surface area contributed by atoms with Gasteiger partial charge in [-0.3, -0.25) is 9.30 Å². The molecule has 1 saturated heterocycles. The summed E-state index contributed by atoms with van der Waals surface area (Å²) in [5, 5.41) is 0. The van der Waals surface area contributed by atoms with Gasteiger partial charge in [-0.2, -0.15) is 0 Å². The number of halogens is 3. The molecule has 2 aromatic rings. The van der Waals surface area contributed by atoms with Crippen LogP contribution in [-0.4, -0.2) is 46.0 Å². The van der Waals surface area contributed by atoms with Gasteiger partial charge in [0.2, 0.25) is 0 Å². The molecule has 4 rings (SSSR count). The highest BCUT2D eigenvalue weighted by Gasteiger charge is 2.37. The number of hydrogen-bond acceptors (Lipinski definition) is 3. The summed E-state index contributed by atoms with van der Waals surface area (Å²) in [6.45, 7) is 3.75. The number of imidazole rings is 1. The molecule has 154 valence electrons. The van der Waals surface area contributed by atoms with Crippen LogP contribution in [0.1, 0.15) is 50.1 Å². The molecule has 0 bridgehead atoms. The van der Waals surface area contributed by atoms with Crippen LogP contribution in [-0.2, 0) is 4.74 Å². The summed E-state index contributed by atoms with van der Waals surface area (Å²) >= 11 is 0. The molecule has 8 heteroatoms. The Morgan fingerprint density at radius 1 is 1.04 bits per heavy atom. The second-order valence-electron chi connectivity index (χ2n) is 8.08. The SMILES string of the molecule is Cc1ccc2[nH]c(=O)n(C3CCN(C4CCC(OC(F)(F)F)CC4)CC3)c2c1. The zero-order chi connectivity index (χ0) is 19.9. The van der Waals surface area contributed by atoms with E-state index in [0.29, 0.717) is 18.9 Å². The van der Waals surface area contributed by atoms with Crippen molar-refractivity contribution in [3.63, 3.8) is 0 Å². The standard InChI is InChI=1S/C20H26F3N3O2/c1-13-2-7-17-18(12-13)26(19(27)24-17)15-8-10-25(11-9-15)14-3-5-16(6-4-14)28-20(21,22)23/h2,7,12,14-16H,3-6,8-11H2,1H3,(H,24,27). The van der Waals surface area contributed by atoms with Crippen LogP contribution in [0.15, 0.2) is 23.0 Å². The second kappa shape index (κ2) is 7.55. The number of H-pyrrole nitrogens is 1. The third-order valence-electron chi connectivity index (χ3n) is 6.20. The molecule has 2 fully saturated rings. The monoisotopic (exact) mass is 397 g/mol. The van der Waals surface area contributed by atoms with Crippen molar-refractivity contribution >= 4 is 11.0 Å². The van der Waals surface area contributed by atoms with E-state index in [1.165, 1.54) is 0 Å². The second-order valence-corrected chi connectivity index (χ2v) is 8.08. The number of alkyl halides is 3. The molecule has 1 saturated carbocycles. The van der Waals surface area contributed by atoms with E-state index in [1.807, 2.05) is 29.7 Å². The van der Waals surface area contributed by atoms with Gasteiger partial charge in [-0.1, -0.05) is 6.07 Å². The van der Waals surface area contributed by atoms with Crippen LogP contribution in [0.5, 0.6) is 0 Å². The van der Waals surface area contributed by atoms with E-state index in [1.54, 1.807) is 0 Å². The molecule has 0 atom stereocenters. The van der Waals surface area contributed by atoms with Gasteiger partial charge in [0.1, 0.15) is 0 Å². The van der Waals surface area contributed by atoms with E-state index in [9.17, 15) is 18.0 Å². The van der Waals surface area contributed by atoms with Gasteiger partial charge in [0.15, 0.2) is 0 Å². The Labute approximate surface area is 161 Å². The number of ether oxygens (including phenoxy) is 1. The van der Waals surface area contributed by atoms with Crippen molar-refractivity contribution < 1.29 is 17.9 Å². The smallest absolute Gasteiger partial charge is 0.306 e. The third kappa shape index (κ3) is 4.12. The molecule has 0 spiro atoms. The first-order valence-electron chi connectivity index (χ1n) is 9.99. The number of nitrogens with one attached hydrogen (secondary N) is 1. The molecule has 0 amide bonds. The van der Waals surface area contributed by atoms with Gasteiger partial charge in [0.25, 0.3) is 0 Å². The number of fused-ring (bicyclic) bond motifs is 1. The minimum Gasteiger partial charge on any atom is -0.306 e. The van der Waals surface area contributed by atoms with E-state index in [4.69, 9.17) is 0 Å². The molecule has 5 nitrogen and oxygen atoms in total. The molecule has 2 aliphatic rings. The van der Waals surface area contributed by atoms with Gasteiger partial charge in [-0.25, -0.2) is 4.79 Å². The highest BCUT2D eigenvalue weighted by molar-refractivity contribution is 5.76. The average Bonchev–Trinajstić information content (AvgIpc) is 2.96. The maximum Gasteiger partial charge on any atom is 0.522 e. The van der Waals surface area contributed by atoms with Crippen LogP contribution in [0.2, 0.25) is 0 Å². The third-order valence-corrected chi connectivity index (χ3v) is 6.20. The predicted molar refractivity (Wildman–Crippen MR) is 100 cm³/mol. The quantitative estimate of drug-likeness (QED) is 0.848. The fourth-order valence-electron chi connectivity index (χ4n) is 4.82. The summed E-state index contributed by atoms with van der Waals surface area (Å²) in [6, 6.07) is 6.45. The van der Waals surface area contributed by atoms with Gasteiger partial charge in [-0.05, 0) is 63.1 Å². The van der Waals surface area contributed by atoms with Crippen LogP contribution in [0.4, 0.5) is 13.2 Å². The molecule has 28 heavy (non-hydrogen) atoms. The molecular weight excluding hydrogens is 371 g/mol. The molecule has 1 aliphatic carbocycles. The molecular formula is C20H26F3N3O2. The van der Waals surface area contributed by atoms with Crippen molar-refractivity contribution in [2.24, 2.45) is 0 Å². The number of piperidine rings is 1. The maximum absolute atomic E-state index is 12.5. The molecule has 0 radical (unpaired) electrons. The van der Waals surface area contributed by atoms with Crippen LogP contribution in [0.25, 0.3) is 11.0 Å². The first-order chi connectivity index (χ1) is 13.3. The summed E-state index contributed by atoms with van der Waals surface area (Å²) in [4.78, 5) is 17.8. The van der Waals surface area contributed by atoms with Crippen molar-refractivity contribution in [1.82, 2.24) is 14.5 Å². The van der Waals surface area contributed by atoms with E-state index in [2.05, 4.69) is 14.6 Å². The van der Waals surface area contributed by atoms with Gasteiger partial charge in [0, 0.05) is 25.2 Å². The van der Waals surface area contributed by atoms with Gasteiger partial charge in [0.05, 0.1) is 17.1 Å². The minimum atomic E-state index is -4.54. The Balaban J connectivity index is 1.37. The fourth-order valence-corrected chi connectivity index (χ4v) is 4.82. The zero-order valence-electron chi connectivity index (χ0n) is 16.0. The van der Waals surface area contributed by atoms with Crippen molar-refractivity contribution in [2.75, 3.05) is 13.1 Å². The Morgan fingerprint density at radius 2 is 1.71 bits per heavy atom. The highest BCUT2D eigenvalue weighted by atomic mass is 19.4. The van der Waals surface area contributed by atoms with Crippen molar-refractivity contribution in [3.8, 4) is 0 Å². The van der Waals surface area contributed by atoms with Gasteiger partial charge < -0.3 is 9.88 Å². The van der Waals surface area contributed by atoms with Crippen LogP contribution in [0.3, 0.4) is 0 Å². The van der Waals surface area contributed by atoms with Crippen molar-refractivity contribution in [2.45, 2.75) is 70.0 Å². The first kappa shape index (κ1) is 19.5. The highest BCUT2D eigenvalue weighted by Crippen LogP contribution is 2.33. The number of aryl methyl sites for hydroxylation is 1. The molecule has 2 heterocycles. The summed E-state index contributed by atoms with van der Waals surface area (Å²) in [5.74, 6) is 0. The summed E-state index contributed by atoms with van der Waals surface area (Å²) in [7, 11) is 0. The first-order valence-corrected chi connectivity index (χ1v) is 9.99. The fraction of sp³-hybridized carbons (Fsp3) is 0.650. The Morgan fingerprint density at radius 3 is 2.36 bits per heavy atom. The lowest BCUT2D eigenvalue weighted by atomic mass is 9.90. The molecule has 1 aromatic heterocycles. The Kier molecular flexibility index (Phi) is 5.26. The Bertz CT molecular complexity index is 873. The maximum atomic E-state index is 12.5. The normalized spacial score (nSPS) is 25.4. The predicted octanol–water partition coefficient (Wildman–Crippen LogP) is 4.12. The number of hydrogen-bond donors (Lipinski definition) is 1. The summed E-state index contributed by atoms with van der Waals surface area (Å²) in [6.07, 6.45) is -1.13.